The summed E-state index contributed by atoms with van der Waals surface area (Å²) in [6.45, 7) is 0. The Morgan fingerprint density at radius 3 is 1.38 bits per heavy atom. The largest absolute Gasteiger partial charge is 0.478 e. The molecular weight excluding hydrogens is 1880 g/mol. The Morgan fingerprint density at radius 2 is 0.931 bits per heavy atom. The Bertz CT molecular complexity index is 5080. The highest BCUT2D eigenvalue weighted by atomic mass is 127. The second-order valence-corrected chi connectivity index (χ2v) is 29.2. The molecule has 32 heteroatoms. The van der Waals surface area contributed by atoms with Crippen molar-refractivity contribution in [1.29, 1.82) is 0 Å². The molecule has 11 aromatic rings. The molecule has 5 heterocycles. The highest BCUT2D eigenvalue weighted by Crippen LogP contribution is 2.23. The monoisotopic (exact) mass is 1930 g/mol. The first-order chi connectivity index (χ1) is 40.8. The summed E-state index contributed by atoms with van der Waals surface area (Å²) in [5.74, 6) is -0.985. The van der Waals surface area contributed by atoms with Crippen LogP contribution >= 0.6 is 159 Å². The molecule has 0 radical (unpaired) electrons. The molecule has 0 saturated heterocycles. The van der Waals surface area contributed by atoms with E-state index in [0.29, 0.717) is 59.8 Å². The minimum Gasteiger partial charge on any atom is -0.478 e. The molecule has 87 heavy (non-hydrogen) atoms. The number of hydrogen-bond acceptors (Lipinski definition) is 16. The van der Waals surface area contributed by atoms with Crippen molar-refractivity contribution in [3.8, 4) is 0 Å². The smallest absolute Gasteiger partial charge is 0.337 e. The summed E-state index contributed by atoms with van der Waals surface area (Å²) >= 11 is 19.9. The normalized spacial score (nSPS) is 11.3. The molecule has 0 bridgehead atoms. The van der Waals surface area contributed by atoms with Crippen molar-refractivity contribution < 1.29 is 22.5 Å². The molecule has 0 spiro atoms. The van der Waals surface area contributed by atoms with E-state index in [1.807, 2.05) is 100.0 Å². The van der Waals surface area contributed by atoms with Crippen LogP contribution in [0.2, 0.25) is 5.28 Å². The number of para-hydroxylation sites is 6. The van der Waals surface area contributed by atoms with Gasteiger partial charge in [-0.05, 0) is 226 Å². The molecule has 0 aliphatic heterocycles. The van der Waals surface area contributed by atoms with Crippen LogP contribution in [0, 0.1) is 21.4 Å². The number of aromatic carboxylic acids is 1. The Labute approximate surface area is 587 Å². The second kappa shape index (κ2) is 30.8. The van der Waals surface area contributed by atoms with Gasteiger partial charge < -0.3 is 15.8 Å². The van der Waals surface area contributed by atoms with Crippen LogP contribution in [0.5, 0.6) is 0 Å². The maximum absolute atomic E-state index is 12.0. The van der Waals surface area contributed by atoms with Crippen LogP contribution in [0.3, 0.4) is 0 Å². The standard InChI is InChI=1S/C10H9IN2O3S.C10H9IN2O2S.C10H9IN2OS.C9H6ClIN2O.C9H7IN2O2.C7H6INO2/c1-13-9(14)6-4-3-5-7(11)8(6)12-10(13)17(2,15)16;1-13-9(14)6-4-3-5-7(11)8(6)12-10(13)16(2)15;1-13-9(14)6-4-3-5-7(11)8(6)12-10(13)15-2;1-13-8(14)5-3-2-4-6(11)7(5)12-9(13)10;1-12-8(13)5-3-2-4-6(10)7(5)11-9(12)14;8-5-3-1-2-4(6(5)9)7(10)11/h3-5H,1-2H3;3-5H,1-2H3;3-5H,1-2H3;2-4H,1H3;2-4H,1H3,(H,11,14);1-3H,9H2,(H,10,11). The van der Waals surface area contributed by atoms with Gasteiger partial charge in [-0.25, -0.2) is 37.9 Å². The molecule has 11 rings (SSSR count). The zero-order valence-corrected chi connectivity index (χ0v) is 62.5. The van der Waals surface area contributed by atoms with E-state index in [2.05, 4.69) is 115 Å². The van der Waals surface area contributed by atoms with Gasteiger partial charge in [0.25, 0.3) is 27.8 Å². The van der Waals surface area contributed by atoms with Crippen LogP contribution in [0.4, 0.5) is 5.69 Å². The minimum absolute atomic E-state index is 0.0165. The lowest BCUT2D eigenvalue weighted by Gasteiger charge is -2.07. The molecule has 5 aromatic heterocycles. The number of halogens is 7. The molecule has 1 atom stereocenters. The number of aromatic amines is 1. The van der Waals surface area contributed by atoms with Gasteiger partial charge in [0, 0.05) is 69.2 Å². The van der Waals surface area contributed by atoms with Crippen molar-refractivity contribution >= 4 is 246 Å². The van der Waals surface area contributed by atoms with E-state index in [1.54, 1.807) is 80.3 Å². The van der Waals surface area contributed by atoms with Crippen molar-refractivity contribution in [2.24, 2.45) is 35.2 Å². The number of nitrogens with one attached hydrogen (secondary N) is 1. The Morgan fingerprint density at radius 1 is 0.552 bits per heavy atom. The van der Waals surface area contributed by atoms with Crippen molar-refractivity contribution in [2.75, 3.05) is 24.5 Å². The summed E-state index contributed by atoms with van der Waals surface area (Å²) in [6, 6.07) is 32.0. The summed E-state index contributed by atoms with van der Waals surface area (Å²) in [5, 5.41) is 12.5. The maximum atomic E-state index is 12.0. The number of thioether (sulfide) groups is 1. The number of anilines is 1. The fourth-order valence-corrected chi connectivity index (χ4v) is 13.6. The van der Waals surface area contributed by atoms with E-state index in [0.717, 1.165) is 47.5 Å². The Balaban J connectivity index is 0.000000168. The molecular formula is C55H46ClI6N11O11S3. The number of H-pyrrole nitrogens is 1. The van der Waals surface area contributed by atoms with E-state index >= 15 is 0 Å². The molecule has 0 amide bonds. The van der Waals surface area contributed by atoms with Gasteiger partial charge in [-0.3, -0.25) is 51.0 Å². The van der Waals surface area contributed by atoms with E-state index in [1.165, 1.54) is 47.3 Å². The summed E-state index contributed by atoms with van der Waals surface area (Å²) < 4.78 is 46.1. The predicted molar refractivity (Wildman–Crippen MR) is 394 cm³/mol. The fourth-order valence-electron chi connectivity index (χ4n) is 7.74. The summed E-state index contributed by atoms with van der Waals surface area (Å²) in [7, 11) is 3.03. The lowest BCUT2D eigenvalue weighted by atomic mass is 10.2. The van der Waals surface area contributed by atoms with E-state index < -0.39 is 26.6 Å². The van der Waals surface area contributed by atoms with E-state index in [-0.39, 0.29) is 49.5 Å². The number of fused-ring (bicyclic) bond motifs is 5. The molecule has 454 valence electrons. The lowest BCUT2D eigenvalue weighted by molar-refractivity contribution is 0.0698. The highest BCUT2D eigenvalue weighted by molar-refractivity contribution is 14.1. The lowest BCUT2D eigenvalue weighted by Crippen LogP contribution is -2.32. The molecule has 0 fully saturated rings. The van der Waals surface area contributed by atoms with Crippen LogP contribution < -0.4 is 39.2 Å². The topological polar surface area (TPSA) is 309 Å². The number of nitrogens with two attached hydrogens (primary N) is 1. The van der Waals surface area contributed by atoms with Gasteiger partial charge in [0.15, 0.2) is 5.16 Å². The summed E-state index contributed by atoms with van der Waals surface area (Å²) in [6.07, 6.45) is 4.48. The van der Waals surface area contributed by atoms with Gasteiger partial charge in [0.05, 0.1) is 76.6 Å². The first kappa shape index (κ1) is 71.3. The number of benzene rings is 6. The van der Waals surface area contributed by atoms with Crippen molar-refractivity contribution in [3.63, 3.8) is 0 Å². The van der Waals surface area contributed by atoms with Gasteiger partial charge in [0.2, 0.25) is 25.4 Å². The zero-order valence-electron chi connectivity index (χ0n) is 46.4. The molecule has 6 aromatic carbocycles. The SMILES string of the molecule is CSc1nc2c(I)cccc2c(=O)n1C.Cn1c(=O)[nH]c2c(I)cccc2c1=O.Cn1c(Cl)nc2c(I)cccc2c1=O.Cn1c(S(C)(=O)=O)nc2c(I)cccc2c1=O.Cn1c(S(C)=O)nc2c(I)cccc2c1=O.Nc1c(I)cccc1C(=O)O. The number of nitrogens with zero attached hydrogens (tertiary/aromatic N) is 9. The number of hydrogen-bond donors (Lipinski definition) is 3. The number of aromatic nitrogens is 10. The third kappa shape index (κ3) is 16.6. The quantitative estimate of drug-likeness (QED) is 0.0640. The Hall–Kier alpha value is -4.79. The van der Waals surface area contributed by atoms with Crippen LogP contribution in [-0.4, -0.2) is 90.2 Å². The minimum atomic E-state index is -3.52. The molecule has 0 aliphatic carbocycles. The van der Waals surface area contributed by atoms with Gasteiger partial charge in [-0.1, -0.05) is 48.2 Å². The number of carboxylic acid groups (broad SMARTS) is 1. The van der Waals surface area contributed by atoms with Crippen LogP contribution in [0.25, 0.3) is 54.5 Å². The van der Waals surface area contributed by atoms with Crippen molar-refractivity contribution in [1.82, 2.24) is 47.8 Å². The average molecular weight is 1930 g/mol. The first-order valence-electron chi connectivity index (χ1n) is 24.3. The average Bonchev–Trinajstić information content (AvgIpc) is 3.00. The zero-order chi connectivity index (χ0) is 64.7. The van der Waals surface area contributed by atoms with Crippen molar-refractivity contribution in [2.45, 2.75) is 15.5 Å². The van der Waals surface area contributed by atoms with Gasteiger partial charge >= 0.3 is 11.7 Å². The molecule has 1 unspecified atom stereocenters. The number of sulfone groups is 1. The molecule has 0 saturated carbocycles. The van der Waals surface area contributed by atoms with Crippen LogP contribution in [0.15, 0.2) is 153 Å². The number of rotatable bonds is 4. The highest BCUT2D eigenvalue weighted by Gasteiger charge is 2.19. The second-order valence-electron chi connectivity index (χ2n) is 18.0. The Kier molecular flexibility index (Phi) is 25.3. The molecule has 22 nitrogen and oxygen atoms in total. The summed E-state index contributed by atoms with van der Waals surface area (Å²) in [4.78, 5) is 101. The fraction of sp³-hybridized carbons (Fsp3) is 0.145. The first-order valence-corrected chi connectivity index (χ1v) is 35.9. The summed E-state index contributed by atoms with van der Waals surface area (Å²) in [5.41, 5.74) is 7.87. The molecule has 0 aliphatic rings. The molecule has 4 N–H and O–H groups in total. The third-order valence-corrected chi connectivity index (χ3v) is 20.5. The van der Waals surface area contributed by atoms with Gasteiger partial charge in [-0.2, -0.15) is 0 Å². The van der Waals surface area contributed by atoms with Crippen LogP contribution in [-0.2, 0) is 55.9 Å². The number of nitrogen functional groups attached to an aromatic ring is 1. The number of carbonyl (C=O) groups is 1. The van der Waals surface area contributed by atoms with E-state index in [4.69, 9.17) is 22.4 Å². The van der Waals surface area contributed by atoms with Crippen LogP contribution in [0.1, 0.15) is 10.4 Å². The van der Waals surface area contributed by atoms with E-state index in [9.17, 15) is 46.2 Å². The number of carboxylic acids is 1. The third-order valence-electron chi connectivity index (χ3n) is 12.2. The van der Waals surface area contributed by atoms with Gasteiger partial charge in [-0.15, -0.1) is 0 Å². The maximum Gasteiger partial charge on any atom is 0.337 e. The predicted octanol–water partition coefficient (Wildman–Crippen LogP) is 9.07. The van der Waals surface area contributed by atoms with Crippen molar-refractivity contribution in [3.05, 3.63) is 204 Å². The van der Waals surface area contributed by atoms with Gasteiger partial charge in [0.1, 0.15) is 0 Å².